The van der Waals surface area contributed by atoms with Crippen molar-refractivity contribution >= 4 is 22.4 Å². The molecule has 3 aromatic rings. The van der Waals surface area contributed by atoms with Gasteiger partial charge in [-0.05, 0) is 58.2 Å². The summed E-state index contributed by atoms with van der Waals surface area (Å²) in [4.78, 5) is 17.4. The predicted octanol–water partition coefficient (Wildman–Crippen LogP) is 5.56. The van der Waals surface area contributed by atoms with Crippen LogP contribution in [0.1, 0.15) is 57.6 Å². The summed E-state index contributed by atoms with van der Waals surface area (Å²) in [5.74, 6) is -2.77. The van der Waals surface area contributed by atoms with Gasteiger partial charge >= 0.3 is 12.2 Å². The Kier molecular flexibility index (Phi) is 7.47. The van der Waals surface area contributed by atoms with Crippen LogP contribution in [0.25, 0.3) is 22.2 Å². The third kappa shape index (κ3) is 4.94. The first-order valence-corrected chi connectivity index (χ1v) is 15.9. The van der Waals surface area contributed by atoms with E-state index in [0.29, 0.717) is 19.5 Å². The van der Waals surface area contributed by atoms with Gasteiger partial charge in [-0.15, -0.1) is 0 Å². The minimum atomic E-state index is -5.07. The molecule has 0 saturated carbocycles. The lowest BCUT2D eigenvalue weighted by Gasteiger charge is -2.51. The van der Waals surface area contributed by atoms with E-state index in [2.05, 4.69) is 15.3 Å². The van der Waals surface area contributed by atoms with Crippen molar-refractivity contribution in [1.29, 1.82) is 0 Å². The number of pyridine rings is 1. The number of nitrogens with two attached hydrogens (primary N) is 1. The highest BCUT2D eigenvalue weighted by molar-refractivity contribution is 5.98. The van der Waals surface area contributed by atoms with Crippen molar-refractivity contribution in [2.75, 3.05) is 43.5 Å². The lowest BCUT2D eigenvalue weighted by molar-refractivity contribution is -0.137. The maximum atomic E-state index is 16.8. The third-order valence-electron chi connectivity index (χ3n) is 10.6. The molecule has 3 saturated heterocycles. The second-order valence-corrected chi connectivity index (χ2v) is 13.6. The third-order valence-corrected chi connectivity index (χ3v) is 10.6. The van der Waals surface area contributed by atoms with E-state index in [0.717, 1.165) is 32.4 Å². The van der Waals surface area contributed by atoms with Gasteiger partial charge < -0.3 is 25.4 Å². The van der Waals surface area contributed by atoms with Crippen LogP contribution in [0.4, 0.5) is 37.8 Å². The van der Waals surface area contributed by atoms with Gasteiger partial charge in [0, 0.05) is 31.6 Å². The number of rotatable bonds is 5. The number of piperazine rings is 1. The Balaban J connectivity index is 1.46. The van der Waals surface area contributed by atoms with Gasteiger partial charge in [-0.2, -0.15) is 23.1 Å². The van der Waals surface area contributed by atoms with Gasteiger partial charge in [0.05, 0.1) is 27.9 Å². The van der Waals surface area contributed by atoms with E-state index in [9.17, 15) is 17.6 Å². The number of aryl methyl sites for hydroxylation is 1. The molecular formula is C32H37F6N7O2. The van der Waals surface area contributed by atoms with Gasteiger partial charge in [0.25, 0.3) is 0 Å². The summed E-state index contributed by atoms with van der Waals surface area (Å²) in [6.45, 7) is 8.55. The van der Waals surface area contributed by atoms with E-state index in [1.807, 2.05) is 30.6 Å². The number of hydrogen-bond acceptors (Lipinski definition) is 9. The highest BCUT2D eigenvalue weighted by Crippen LogP contribution is 2.48. The van der Waals surface area contributed by atoms with Gasteiger partial charge in [-0.3, -0.25) is 4.90 Å². The molecule has 0 unspecified atom stereocenters. The Hall–Kier alpha value is -3.59. The number of anilines is 2. The molecule has 7 rings (SSSR count). The summed E-state index contributed by atoms with van der Waals surface area (Å²) in [6, 6.07) is 0.468. The van der Waals surface area contributed by atoms with Crippen LogP contribution in [0, 0.1) is 18.6 Å². The smallest absolute Gasteiger partial charge is 0.417 e. The van der Waals surface area contributed by atoms with Crippen molar-refractivity contribution in [2.24, 2.45) is 0 Å². The number of nitrogen functional groups attached to an aromatic ring is 1. The molecule has 0 aliphatic carbocycles. The van der Waals surface area contributed by atoms with Crippen molar-refractivity contribution in [1.82, 2.24) is 25.2 Å². The predicted molar refractivity (Wildman–Crippen MR) is 163 cm³/mol. The molecule has 47 heavy (non-hydrogen) atoms. The van der Waals surface area contributed by atoms with Crippen LogP contribution in [0.15, 0.2) is 6.07 Å². The zero-order valence-corrected chi connectivity index (χ0v) is 26.6. The molecule has 4 aliphatic heterocycles. The van der Waals surface area contributed by atoms with E-state index in [1.165, 1.54) is 0 Å². The number of benzene rings is 1. The molecule has 2 aromatic heterocycles. The number of halogens is 6. The minimum absolute atomic E-state index is 0.00213. The van der Waals surface area contributed by atoms with Crippen LogP contribution in [-0.4, -0.2) is 82.0 Å². The van der Waals surface area contributed by atoms with Gasteiger partial charge in [0.1, 0.15) is 41.8 Å². The van der Waals surface area contributed by atoms with Crippen LogP contribution in [0.3, 0.4) is 0 Å². The number of ether oxygens (including phenoxy) is 2. The quantitative estimate of drug-likeness (QED) is 0.268. The van der Waals surface area contributed by atoms with E-state index in [1.54, 1.807) is 0 Å². The van der Waals surface area contributed by atoms with Crippen LogP contribution in [0.2, 0.25) is 0 Å². The molecule has 3 fully saturated rings. The molecule has 0 bridgehead atoms. The molecule has 9 nitrogen and oxygen atoms in total. The molecule has 5 atom stereocenters. The Morgan fingerprint density at radius 3 is 2.66 bits per heavy atom. The van der Waals surface area contributed by atoms with Crippen LogP contribution in [0.5, 0.6) is 11.9 Å². The first kappa shape index (κ1) is 32.0. The second-order valence-electron chi connectivity index (χ2n) is 13.6. The molecule has 0 amide bonds. The Bertz CT molecular complexity index is 1760. The molecular weight excluding hydrogens is 628 g/mol. The normalized spacial score (nSPS) is 29.1. The summed E-state index contributed by atoms with van der Waals surface area (Å²) >= 11 is 0. The number of nitrogens with one attached hydrogen (secondary N) is 1. The van der Waals surface area contributed by atoms with E-state index in [-0.39, 0.29) is 54.8 Å². The average Bonchev–Trinajstić information content (AvgIpc) is 3.49. The number of nitrogens with zero attached hydrogens (tertiary/aromatic N) is 5. The maximum absolute atomic E-state index is 16.8. The molecule has 3 N–H and O–H groups in total. The zero-order chi connectivity index (χ0) is 33.6. The molecule has 0 spiro atoms. The van der Waals surface area contributed by atoms with Crippen LogP contribution in [-0.2, 0) is 6.18 Å². The number of hydrogen-bond donors (Lipinski definition) is 2. The second kappa shape index (κ2) is 11.0. The van der Waals surface area contributed by atoms with E-state index >= 15 is 8.78 Å². The van der Waals surface area contributed by atoms with E-state index < -0.39 is 68.6 Å². The molecule has 6 heterocycles. The first-order chi connectivity index (χ1) is 22.2. The summed E-state index contributed by atoms with van der Waals surface area (Å²) in [5.41, 5.74) is -0.486. The number of alkyl halides is 4. The zero-order valence-electron chi connectivity index (χ0n) is 26.6. The topological polar surface area (TPSA) is 102 Å². The maximum Gasteiger partial charge on any atom is 0.417 e. The van der Waals surface area contributed by atoms with Gasteiger partial charge in [-0.1, -0.05) is 6.92 Å². The van der Waals surface area contributed by atoms with Crippen molar-refractivity contribution in [2.45, 2.75) is 88.9 Å². The van der Waals surface area contributed by atoms with Crippen molar-refractivity contribution in [3.63, 3.8) is 0 Å². The SMILES string of the molecule is CC[C@@H]1CN2c3nc(OC[C@@]45CCCN4C[C@H](F)C5)nc4c(F)c(-c5c(F)c(N)cc(C)c5C(F)(F)F)nc(c34)OC[C@@]2(C)[C@H](C)N1. The number of fused-ring (bicyclic) bond motifs is 3. The van der Waals surface area contributed by atoms with E-state index in [4.69, 9.17) is 20.2 Å². The molecule has 15 heteroatoms. The highest BCUT2D eigenvalue weighted by Gasteiger charge is 2.51. The minimum Gasteiger partial charge on any atom is -0.475 e. The summed E-state index contributed by atoms with van der Waals surface area (Å²) in [5, 5.41) is 3.60. The average molecular weight is 666 g/mol. The fourth-order valence-corrected chi connectivity index (χ4v) is 7.93. The van der Waals surface area contributed by atoms with Crippen LogP contribution >= 0.6 is 0 Å². The van der Waals surface area contributed by atoms with Crippen molar-refractivity contribution < 1.29 is 35.8 Å². The molecule has 4 aliphatic rings. The molecule has 0 radical (unpaired) electrons. The first-order valence-electron chi connectivity index (χ1n) is 15.9. The van der Waals surface area contributed by atoms with Gasteiger partial charge in [0.15, 0.2) is 11.6 Å². The summed E-state index contributed by atoms with van der Waals surface area (Å²) < 4.78 is 102. The van der Waals surface area contributed by atoms with Crippen molar-refractivity contribution in [3.05, 3.63) is 28.8 Å². The fourth-order valence-electron chi connectivity index (χ4n) is 7.93. The fraction of sp³-hybridized carbons (Fsp3) is 0.594. The monoisotopic (exact) mass is 665 g/mol. The molecule has 1 aromatic carbocycles. The van der Waals surface area contributed by atoms with Gasteiger partial charge in [0.2, 0.25) is 5.88 Å². The summed E-state index contributed by atoms with van der Waals surface area (Å²) in [6.07, 6.45) is -3.47. The lowest BCUT2D eigenvalue weighted by atomic mass is 9.87. The Morgan fingerprint density at radius 1 is 1.17 bits per heavy atom. The molecule has 254 valence electrons. The Morgan fingerprint density at radius 2 is 1.94 bits per heavy atom. The van der Waals surface area contributed by atoms with Crippen molar-refractivity contribution in [3.8, 4) is 23.1 Å². The summed E-state index contributed by atoms with van der Waals surface area (Å²) in [7, 11) is 0. The Labute approximate surface area is 267 Å². The van der Waals surface area contributed by atoms with Crippen LogP contribution < -0.4 is 25.4 Å². The standard InChI is InChI=1S/C32H37F6N7O2/c1-5-18-12-45-27-21-26(42-29(43-27)47-14-31-7-6-8-44(31)11-17(33)10-31)24(35)25(41-28(21)46-13-30(45,4)16(3)40-18)20-22(32(36,37)38)15(2)9-19(39)23(20)34/h9,16-18,40H,5-8,10-14,39H2,1-4H3/t16-,17+,18+,30-,31-/m0/s1. The highest BCUT2D eigenvalue weighted by atomic mass is 19.4. The largest absolute Gasteiger partial charge is 0.475 e. The number of aromatic nitrogens is 3. The van der Waals surface area contributed by atoms with Gasteiger partial charge in [-0.25, -0.2) is 18.2 Å². The lowest BCUT2D eigenvalue weighted by Crippen LogP contribution is -2.70.